The van der Waals surface area contributed by atoms with Gasteiger partial charge in [0.15, 0.2) is 5.78 Å². The second kappa shape index (κ2) is 4.73. The summed E-state index contributed by atoms with van der Waals surface area (Å²) < 4.78 is 5.20. The second-order valence-electron chi connectivity index (χ2n) is 5.11. The molecule has 1 aromatic carbocycles. The summed E-state index contributed by atoms with van der Waals surface area (Å²) in [5, 5.41) is 0.603. The van der Waals surface area contributed by atoms with Gasteiger partial charge in [0.25, 0.3) is 0 Å². The Morgan fingerprint density at radius 2 is 2.00 bits per heavy atom. The molecule has 1 saturated heterocycles. The van der Waals surface area contributed by atoms with Gasteiger partial charge in [0.1, 0.15) is 5.60 Å². The molecule has 2 rings (SSSR count). The van der Waals surface area contributed by atoms with Gasteiger partial charge in [-0.3, -0.25) is 9.59 Å². The maximum atomic E-state index is 12.1. The first-order chi connectivity index (χ1) is 8.38. The predicted octanol–water partition coefficient (Wildman–Crippen LogP) is 3.25. The fourth-order valence-corrected chi connectivity index (χ4v) is 2.29. The highest BCUT2D eigenvalue weighted by Gasteiger charge is 2.42. The molecule has 0 radical (unpaired) electrons. The molecule has 96 valence electrons. The Labute approximate surface area is 111 Å². The number of cyclic esters (lactones) is 1. The molecule has 0 N–H and O–H groups in total. The number of esters is 1. The molecule has 1 unspecified atom stereocenters. The number of ether oxygens (including phenoxy) is 1. The Bertz CT molecular complexity index is 476. The van der Waals surface area contributed by atoms with Crippen molar-refractivity contribution in [2.24, 2.45) is 5.92 Å². The third kappa shape index (κ3) is 2.72. The van der Waals surface area contributed by atoms with Gasteiger partial charge in [-0.2, -0.15) is 0 Å². The van der Waals surface area contributed by atoms with E-state index in [0.29, 0.717) is 23.4 Å². The van der Waals surface area contributed by atoms with Crippen LogP contribution in [-0.2, 0) is 9.53 Å². The van der Waals surface area contributed by atoms with Gasteiger partial charge in [0.2, 0.25) is 0 Å². The van der Waals surface area contributed by atoms with E-state index < -0.39 is 5.60 Å². The Balaban J connectivity index is 2.08. The largest absolute Gasteiger partial charge is 0.459 e. The van der Waals surface area contributed by atoms with Gasteiger partial charge in [-0.05, 0) is 38.1 Å². The van der Waals surface area contributed by atoms with Crippen LogP contribution in [-0.4, -0.2) is 17.4 Å². The van der Waals surface area contributed by atoms with Crippen LogP contribution in [0.3, 0.4) is 0 Å². The Kier molecular flexibility index (Phi) is 3.44. The minimum Gasteiger partial charge on any atom is -0.459 e. The van der Waals surface area contributed by atoms with Crippen LogP contribution in [0.15, 0.2) is 24.3 Å². The summed E-state index contributed by atoms with van der Waals surface area (Å²) in [7, 11) is 0. The van der Waals surface area contributed by atoms with Crippen LogP contribution in [0.5, 0.6) is 0 Å². The molecule has 1 aliphatic rings. The van der Waals surface area contributed by atoms with Crippen molar-refractivity contribution >= 4 is 23.4 Å². The summed E-state index contributed by atoms with van der Waals surface area (Å²) in [6.45, 7) is 3.69. The van der Waals surface area contributed by atoms with E-state index in [4.69, 9.17) is 16.3 Å². The van der Waals surface area contributed by atoms with E-state index >= 15 is 0 Å². The monoisotopic (exact) mass is 266 g/mol. The van der Waals surface area contributed by atoms with Crippen molar-refractivity contribution in [2.75, 3.05) is 0 Å². The molecule has 18 heavy (non-hydrogen) atoms. The van der Waals surface area contributed by atoms with Gasteiger partial charge < -0.3 is 4.74 Å². The second-order valence-corrected chi connectivity index (χ2v) is 5.55. The zero-order valence-electron chi connectivity index (χ0n) is 10.4. The van der Waals surface area contributed by atoms with Crippen molar-refractivity contribution in [3.8, 4) is 0 Å². The van der Waals surface area contributed by atoms with Gasteiger partial charge in [0.05, 0.1) is 6.42 Å². The quantitative estimate of drug-likeness (QED) is 0.623. The highest BCUT2D eigenvalue weighted by atomic mass is 35.5. The molecule has 1 heterocycles. The van der Waals surface area contributed by atoms with Crippen LogP contribution in [0.1, 0.15) is 37.0 Å². The number of benzene rings is 1. The van der Waals surface area contributed by atoms with E-state index in [9.17, 15) is 9.59 Å². The third-order valence-corrected chi connectivity index (χ3v) is 3.62. The number of carbonyl (C=O) groups is 2. The topological polar surface area (TPSA) is 43.4 Å². The zero-order valence-corrected chi connectivity index (χ0v) is 11.2. The number of rotatable bonds is 3. The highest BCUT2D eigenvalue weighted by Crippen LogP contribution is 2.35. The summed E-state index contributed by atoms with van der Waals surface area (Å²) in [6, 6.07) is 6.79. The minimum atomic E-state index is -0.556. The standard InChI is InChI=1S/C14H15ClO3/c1-14(2)10(8-13(17)18-14)7-12(16)9-3-5-11(15)6-4-9/h3-6,10H,7-8H2,1-2H3. The van der Waals surface area contributed by atoms with Gasteiger partial charge in [0, 0.05) is 22.9 Å². The number of Topliss-reactive ketones (excluding diaryl/α,β-unsaturated/α-hetero) is 1. The molecular weight excluding hydrogens is 252 g/mol. The van der Waals surface area contributed by atoms with Gasteiger partial charge >= 0.3 is 5.97 Å². The number of hydrogen-bond acceptors (Lipinski definition) is 3. The molecule has 0 saturated carbocycles. The lowest BCUT2D eigenvalue weighted by molar-refractivity contribution is -0.146. The Hall–Kier alpha value is -1.35. The maximum absolute atomic E-state index is 12.1. The van der Waals surface area contributed by atoms with Gasteiger partial charge in [-0.15, -0.1) is 0 Å². The first kappa shape index (κ1) is 13.1. The number of carbonyl (C=O) groups excluding carboxylic acids is 2. The molecule has 0 aromatic heterocycles. The molecule has 1 aromatic rings. The molecule has 0 bridgehead atoms. The Morgan fingerprint density at radius 3 is 2.50 bits per heavy atom. The number of hydrogen-bond donors (Lipinski definition) is 0. The van der Waals surface area contributed by atoms with E-state index in [1.54, 1.807) is 24.3 Å². The molecule has 1 atom stereocenters. The molecule has 3 nitrogen and oxygen atoms in total. The van der Waals surface area contributed by atoms with Crippen LogP contribution >= 0.6 is 11.6 Å². The molecule has 0 spiro atoms. The van der Waals surface area contributed by atoms with Crippen LogP contribution in [0.4, 0.5) is 0 Å². The van der Waals surface area contributed by atoms with Crippen LogP contribution in [0, 0.1) is 5.92 Å². The van der Waals surface area contributed by atoms with Crippen LogP contribution in [0.25, 0.3) is 0 Å². The summed E-state index contributed by atoms with van der Waals surface area (Å²) in [4.78, 5) is 23.4. The van der Waals surface area contributed by atoms with Crippen molar-refractivity contribution in [1.82, 2.24) is 0 Å². The van der Waals surface area contributed by atoms with E-state index in [-0.39, 0.29) is 17.7 Å². The average molecular weight is 267 g/mol. The summed E-state index contributed by atoms with van der Waals surface area (Å²) in [6.07, 6.45) is 0.632. The van der Waals surface area contributed by atoms with E-state index in [2.05, 4.69) is 0 Å². The van der Waals surface area contributed by atoms with Crippen molar-refractivity contribution in [1.29, 1.82) is 0 Å². The Morgan fingerprint density at radius 1 is 1.39 bits per heavy atom. The lowest BCUT2D eigenvalue weighted by atomic mass is 9.85. The summed E-state index contributed by atoms with van der Waals surface area (Å²) in [5.74, 6) is -0.273. The molecule has 1 fully saturated rings. The number of ketones is 1. The molecule has 4 heteroatoms. The first-order valence-corrected chi connectivity index (χ1v) is 6.27. The van der Waals surface area contributed by atoms with Crippen molar-refractivity contribution in [2.45, 2.75) is 32.3 Å². The fourth-order valence-electron chi connectivity index (χ4n) is 2.16. The zero-order chi connectivity index (χ0) is 13.3. The molecule has 0 aliphatic carbocycles. The third-order valence-electron chi connectivity index (χ3n) is 3.37. The average Bonchev–Trinajstić information content (AvgIpc) is 2.52. The fraction of sp³-hybridized carbons (Fsp3) is 0.429. The van der Waals surface area contributed by atoms with Crippen LogP contribution < -0.4 is 0 Å². The lowest BCUT2D eigenvalue weighted by Gasteiger charge is -2.24. The van der Waals surface area contributed by atoms with E-state index in [1.807, 2.05) is 13.8 Å². The maximum Gasteiger partial charge on any atom is 0.306 e. The van der Waals surface area contributed by atoms with Crippen LogP contribution in [0.2, 0.25) is 5.02 Å². The van der Waals surface area contributed by atoms with Gasteiger partial charge in [-0.25, -0.2) is 0 Å². The predicted molar refractivity (Wildman–Crippen MR) is 68.7 cm³/mol. The molecular formula is C14H15ClO3. The number of halogens is 1. The van der Waals surface area contributed by atoms with E-state index in [1.165, 1.54) is 0 Å². The van der Waals surface area contributed by atoms with Crippen molar-refractivity contribution in [3.05, 3.63) is 34.9 Å². The van der Waals surface area contributed by atoms with Crippen molar-refractivity contribution < 1.29 is 14.3 Å². The smallest absolute Gasteiger partial charge is 0.306 e. The normalized spacial score (nSPS) is 21.7. The summed E-state index contributed by atoms with van der Waals surface area (Å²) in [5.41, 5.74) is 0.0636. The highest BCUT2D eigenvalue weighted by molar-refractivity contribution is 6.30. The lowest BCUT2D eigenvalue weighted by Crippen LogP contribution is -2.29. The molecule has 1 aliphatic heterocycles. The van der Waals surface area contributed by atoms with E-state index in [0.717, 1.165) is 0 Å². The van der Waals surface area contributed by atoms with Crippen molar-refractivity contribution in [3.63, 3.8) is 0 Å². The van der Waals surface area contributed by atoms with Gasteiger partial charge in [-0.1, -0.05) is 11.6 Å². The summed E-state index contributed by atoms with van der Waals surface area (Å²) >= 11 is 5.78. The first-order valence-electron chi connectivity index (χ1n) is 5.89. The SMILES string of the molecule is CC1(C)OC(=O)CC1CC(=O)c1ccc(Cl)cc1. The minimum absolute atomic E-state index is 0.0167. The molecule has 0 amide bonds.